The summed E-state index contributed by atoms with van der Waals surface area (Å²) < 4.78 is 1.07. The van der Waals surface area contributed by atoms with Crippen molar-refractivity contribution < 1.29 is 4.79 Å². The molecule has 1 atom stereocenters. The van der Waals surface area contributed by atoms with E-state index in [1.807, 2.05) is 38.1 Å². The Balaban J connectivity index is 2.21. The van der Waals surface area contributed by atoms with E-state index < -0.39 is 5.41 Å². The van der Waals surface area contributed by atoms with Crippen molar-refractivity contribution in [3.63, 3.8) is 0 Å². The van der Waals surface area contributed by atoms with Crippen molar-refractivity contribution in [1.29, 1.82) is 0 Å². The first-order valence-electron chi connectivity index (χ1n) is 5.96. The van der Waals surface area contributed by atoms with E-state index in [9.17, 15) is 4.79 Å². The van der Waals surface area contributed by atoms with Crippen molar-refractivity contribution in [3.05, 3.63) is 24.3 Å². The van der Waals surface area contributed by atoms with Gasteiger partial charge in [-0.3, -0.25) is 4.79 Å². The third-order valence-corrected chi connectivity index (χ3v) is 4.25. The zero-order chi connectivity index (χ0) is 13.2. The number of benzene rings is 1. The summed E-state index contributed by atoms with van der Waals surface area (Å²) in [7, 11) is 0. The van der Waals surface area contributed by atoms with E-state index in [2.05, 4.69) is 10.3 Å². The van der Waals surface area contributed by atoms with Gasteiger partial charge in [0.25, 0.3) is 0 Å². The average Bonchev–Trinajstić information content (AvgIpc) is 2.79. The number of hydrogen-bond donors (Lipinski definition) is 2. The van der Waals surface area contributed by atoms with E-state index in [0.29, 0.717) is 18.1 Å². The summed E-state index contributed by atoms with van der Waals surface area (Å²) >= 11 is 1.48. The maximum atomic E-state index is 12.1. The minimum atomic E-state index is -0.530. The molecule has 2 aromatic rings. The maximum absolute atomic E-state index is 12.1. The number of anilines is 1. The SMILES string of the molecule is CCC(C)(CN)C(=O)Nc1nc2ccccc2s1. The van der Waals surface area contributed by atoms with Crippen LogP contribution in [-0.2, 0) is 4.79 Å². The van der Waals surface area contributed by atoms with Crippen molar-refractivity contribution in [2.45, 2.75) is 20.3 Å². The highest BCUT2D eigenvalue weighted by Crippen LogP contribution is 2.28. The predicted octanol–water partition coefficient (Wildman–Crippen LogP) is 2.61. The van der Waals surface area contributed by atoms with Crippen LogP contribution >= 0.6 is 11.3 Å². The van der Waals surface area contributed by atoms with Gasteiger partial charge in [0.2, 0.25) is 5.91 Å². The molecule has 1 aromatic heterocycles. The maximum Gasteiger partial charge on any atom is 0.233 e. The number of nitrogens with zero attached hydrogens (tertiary/aromatic N) is 1. The number of para-hydroxylation sites is 1. The number of aromatic nitrogens is 1. The molecular formula is C13H17N3OS. The molecule has 0 radical (unpaired) electrons. The second-order valence-corrected chi connectivity index (χ2v) is 5.59. The average molecular weight is 263 g/mol. The van der Waals surface area contributed by atoms with Crippen LogP contribution in [0.2, 0.25) is 0 Å². The van der Waals surface area contributed by atoms with Crippen molar-refractivity contribution in [2.24, 2.45) is 11.1 Å². The van der Waals surface area contributed by atoms with Gasteiger partial charge in [-0.15, -0.1) is 0 Å². The summed E-state index contributed by atoms with van der Waals surface area (Å²) in [5.41, 5.74) is 6.05. The van der Waals surface area contributed by atoms with Crippen molar-refractivity contribution in [3.8, 4) is 0 Å². The van der Waals surface area contributed by atoms with E-state index in [4.69, 9.17) is 5.73 Å². The second-order valence-electron chi connectivity index (χ2n) is 4.56. The monoisotopic (exact) mass is 263 g/mol. The van der Waals surface area contributed by atoms with Gasteiger partial charge in [-0.2, -0.15) is 0 Å². The van der Waals surface area contributed by atoms with Crippen LogP contribution in [0, 0.1) is 5.41 Å². The van der Waals surface area contributed by atoms with Crippen LogP contribution in [0.3, 0.4) is 0 Å². The third kappa shape index (κ3) is 2.37. The van der Waals surface area contributed by atoms with Gasteiger partial charge in [0.05, 0.1) is 15.6 Å². The largest absolute Gasteiger partial charge is 0.329 e. The van der Waals surface area contributed by atoms with E-state index in [0.717, 1.165) is 10.2 Å². The number of carbonyl (C=O) groups is 1. The minimum Gasteiger partial charge on any atom is -0.329 e. The van der Waals surface area contributed by atoms with Crippen molar-refractivity contribution >= 4 is 32.6 Å². The summed E-state index contributed by atoms with van der Waals surface area (Å²) in [6, 6.07) is 7.82. The Kier molecular flexibility index (Phi) is 3.63. The number of amides is 1. The van der Waals surface area contributed by atoms with Crippen LogP contribution in [0.5, 0.6) is 0 Å². The van der Waals surface area contributed by atoms with Crippen LogP contribution in [-0.4, -0.2) is 17.4 Å². The van der Waals surface area contributed by atoms with Gasteiger partial charge < -0.3 is 11.1 Å². The lowest BCUT2D eigenvalue weighted by atomic mass is 9.87. The number of thiazole rings is 1. The molecule has 1 heterocycles. The first kappa shape index (κ1) is 13.0. The Labute approximate surface area is 110 Å². The molecule has 1 unspecified atom stereocenters. The lowest BCUT2D eigenvalue weighted by Crippen LogP contribution is -2.39. The second kappa shape index (κ2) is 5.04. The summed E-state index contributed by atoms with van der Waals surface area (Å²) in [5, 5.41) is 3.50. The molecule has 4 nitrogen and oxygen atoms in total. The quantitative estimate of drug-likeness (QED) is 0.891. The fourth-order valence-corrected chi connectivity index (χ4v) is 2.43. The molecule has 1 amide bonds. The van der Waals surface area contributed by atoms with Crippen molar-refractivity contribution in [2.75, 3.05) is 11.9 Å². The first-order chi connectivity index (χ1) is 8.59. The van der Waals surface area contributed by atoms with Crippen LogP contribution < -0.4 is 11.1 Å². The fourth-order valence-electron chi connectivity index (χ4n) is 1.57. The number of carbonyl (C=O) groups excluding carboxylic acids is 1. The smallest absolute Gasteiger partial charge is 0.233 e. The number of hydrogen-bond acceptors (Lipinski definition) is 4. The molecule has 0 aliphatic rings. The topological polar surface area (TPSA) is 68.0 Å². The van der Waals surface area contributed by atoms with E-state index >= 15 is 0 Å². The van der Waals surface area contributed by atoms with Crippen LogP contribution in [0.15, 0.2) is 24.3 Å². The molecule has 0 aliphatic carbocycles. The van der Waals surface area contributed by atoms with Crippen LogP contribution in [0.4, 0.5) is 5.13 Å². The Morgan fingerprint density at radius 3 is 2.83 bits per heavy atom. The third-order valence-electron chi connectivity index (χ3n) is 3.29. The molecule has 0 saturated heterocycles. The highest BCUT2D eigenvalue weighted by Gasteiger charge is 2.30. The Morgan fingerprint density at radius 1 is 1.50 bits per heavy atom. The highest BCUT2D eigenvalue weighted by atomic mass is 32.1. The molecule has 1 aromatic carbocycles. The Hall–Kier alpha value is -1.46. The van der Waals surface area contributed by atoms with E-state index in [1.165, 1.54) is 11.3 Å². The first-order valence-corrected chi connectivity index (χ1v) is 6.78. The summed E-state index contributed by atoms with van der Waals surface area (Å²) in [6.07, 6.45) is 0.709. The Bertz CT molecular complexity index is 527. The molecular weight excluding hydrogens is 246 g/mol. The number of nitrogens with one attached hydrogen (secondary N) is 1. The van der Waals surface area contributed by atoms with Gasteiger partial charge in [0, 0.05) is 6.54 Å². The summed E-state index contributed by atoms with van der Waals surface area (Å²) in [6.45, 7) is 4.17. The van der Waals surface area contributed by atoms with Gasteiger partial charge in [-0.25, -0.2) is 4.98 Å². The lowest BCUT2D eigenvalue weighted by molar-refractivity contribution is -0.124. The van der Waals surface area contributed by atoms with Gasteiger partial charge in [-0.1, -0.05) is 30.4 Å². The molecule has 5 heteroatoms. The summed E-state index contributed by atoms with van der Waals surface area (Å²) in [4.78, 5) is 16.5. The van der Waals surface area contributed by atoms with Crippen LogP contribution in [0.25, 0.3) is 10.2 Å². The molecule has 2 rings (SSSR count). The number of fused-ring (bicyclic) bond motifs is 1. The zero-order valence-electron chi connectivity index (χ0n) is 10.6. The van der Waals surface area contributed by atoms with Gasteiger partial charge in [0.15, 0.2) is 5.13 Å². The van der Waals surface area contributed by atoms with E-state index in [1.54, 1.807) is 0 Å². The van der Waals surface area contributed by atoms with Crippen LogP contribution in [0.1, 0.15) is 20.3 Å². The fraction of sp³-hybridized carbons (Fsp3) is 0.385. The molecule has 0 bridgehead atoms. The Morgan fingerprint density at radius 2 is 2.22 bits per heavy atom. The highest BCUT2D eigenvalue weighted by molar-refractivity contribution is 7.22. The molecule has 0 aliphatic heterocycles. The molecule has 18 heavy (non-hydrogen) atoms. The number of nitrogens with two attached hydrogens (primary N) is 1. The summed E-state index contributed by atoms with van der Waals surface area (Å²) in [5.74, 6) is -0.0634. The molecule has 3 N–H and O–H groups in total. The minimum absolute atomic E-state index is 0.0634. The normalized spacial score (nSPS) is 14.4. The van der Waals surface area contributed by atoms with Crippen molar-refractivity contribution in [1.82, 2.24) is 4.98 Å². The molecule has 0 spiro atoms. The molecule has 96 valence electrons. The lowest BCUT2D eigenvalue weighted by Gasteiger charge is -2.23. The van der Waals surface area contributed by atoms with Gasteiger partial charge >= 0.3 is 0 Å². The molecule has 0 fully saturated rings. The molecule has 0 saturated carbocycles. The van der Waals surface area contributed by atoms with E-state index in [-0.39, 0.29) is 5.91 Å². The zero-order valence-corrected chi connectivity index (χ0v) is 11.4. The van der Waals surface area contributed by atoms with Gasteiger partial charge in [0.1, 0.15) is 0 Å². The predicted molar refractivity (Wildman–Crippen MR) is 75.7 cm³/mol. The van der Waals surface area contributed by atoms with Gasteiger partial charge in [-0.05, 0) is 25.5 Å². The standard InChI is InChI=1S/C13H17N3OS/c1-3-13(2,8-14)11(17)16-12-15-9-6-4-5-7-10(9)18-12/h4-7H,3,8,14H2,1-2H3,(H,15,16,17). The number of rotatable bonds is 4.